The SMILES string of the molecule is CCc1ccn(CCOC)n1. The molecular formula is C8H14N2O. The zero-order valence-electron chi connectivity index (χ0n) is 7.08. The quantitative estimate of drug-likeness (QED) is 0.649. The third-order valence-corrected chi connectivity index (χ3v) is 1.58. The lowest BCUT2D eigenvalue weighted by atomic mass is 10.4. The lowest BCUT2D eigenvalue weighted by molar-refractivity contribution is 0.183. The molecule has 0 bridgehead atoms. The molecule has 0 spiro atoms. The molecule has 0 N–H and O–H groups in total. The first-order chi connectivity index (χ1) is 5.36. The second kappa shape index (κ2) is 4.13. The first-order valence-corrected chi connectivity index (χ1v) is 3.88. The monoisotopic (exact) mass is 154 g/mol. The van der Waals surface area contributed by atoms with E-state index >= 15 is 0 Å². The summed E-state index contributed by atoms with van der Waals surface area (Å²) in [6.45, 7) is 3.67. The second-order valence-corrected chi connectivity index (χ2v) is 2.42. The van der Waals surface area contributed by atoms with Crippen molar-refractivity contribution in [1.82, 2.24) is 9.78 Å². The Morgan fingerprint density at radius 2 is 2.45 bits per heavy atom. The number of nitrogens with zero attached hydrogens (tertiary/aromatic N) is 2. The van der Waals surface area contributed by atoms with Gasteiger partial charge in [-0.2, -0.15) is 5.10 Å². The van der Waals surface area contributed by atoms with Gasteiger partial charge in [0.15, 0.2) is 0 Å². The molecule has 0 saturated heterocycles. The van der Waals surface area contributed by atoms with Crippen molar-refractivity contribution in [3.8, 4) is 0 Å². The highest BCUT2D eigenvalue weighted by Gasteiger charge is 1.94. The minimum Gasteiger partial charge on any atom is -0.383 e. The van der Waals surface area contributed by atoms with Crippen LogP contribution in [0.15, 0.2) is 12.3 Å². The van der Waals surface area contributed by atoms with Gasteiger partial charge in [0.25, 0.3) is 0 Å². The van der Waals surface area contributed by atoms with Crippen molar-refractivity contribution in [2.24, 2.45) is 0 Å². The van der Waals surface area contributed by atoms with Gasteiger partial charge in [-0.15, -0.1) is 0 Å². The Labute approximate surface area is 67.0 Å². The average molecular weight is 154 g/mol. The van der Waals surface area contributed by atoms with Crippen LogP contribution in [-0.2, 0) is 17.7 Å². The van der Waals surface area contributed by atoms with E-state index in [1.807, 2.05) is 16.9 Å². The van der Waals surface area contributed by atoms with Crippen LogP contribution in [0.1, 0.15) is 12.6 Å². The fraction of sp³-hybridized carbons (Fsp3) is 0.625. The summed E-state index contributed by atoms with van der Waals surface area (Å²) in [6.07, 6.45) is 2.98. The molecule has 0 aliphatic heterocycles. The number of hydrogen-bond acceptors (Lipinski definition) is 2. The lowest BCUT2D eigenvalue weighted by Gasteiger charge is -1.98. The van der Waals surface area contributed by atoms with Crippen molar-refractivity contribution in [3.05, 3.63) is 18.0 Å². The molecule has 11 heavy (non-hydrogen) atoms. The van der Waals surface area contributed by atoms with Gasteiger partial charge in [0, 0.05) is 13.3 Å². The Hall–Kier alpha value is -0.830. The summed E-state index contributed by atoms with van der Waals surface area (Å²) in [5.41, 5.74) is 1.14. The second-order valence-electron chi connectivity index (χ2n) is 2.42. The minimum atomic E-state index is 0.727. The molecule has 0 amide bonds. The molecular weight excluding hydrogens is 140 g/mol. The zero-order valence-corrected chi connectivity index (χ0v) is 7.08. The first-order valence-electron chi connectivity index (χ1n) is 3.88. The Balaban J connectivity index is 2.44. The van der Waals surface area contributed by atoms with Gasteiger partial charge in [-0.25, -0.2) is 0 Å². The summed E-state index contributed by atoms with van der Waals surface area (Å²) in [7, 11) is 1.70. The highest BCUT2D eigenvalue weighted by molar-refractivity contribution is 4.97. The molecule has 0 aliphatic carbocycles. The first kappa shape index (κ1) is 8.27. The number of aryl methyl sites for hydroxylation is 1. The van der Waals surface area contributed by atoms with Gasteiger partial charge in [-0.05, 0) is 12.5 Å². The van der Waals surface area contributed by atoms with Gasteiger partial charge < -0.3 is 4.74 Å². The van der Waals surface area contributed by atoms with E-state index in [2.05, 4.69) is 12.0 Å². The van der Waals surface area contributed by atoms with Crippen molar-refractivity contribution in [2.45, 2.75) is 19.9 Å². The number of hydrogen-bond donors (Lipinski definition) is 0. The molecule has 0 atom stereocenters. The Kier molecular flexibility index (Phi) is 3.11. The van der Waals surface area contributed by atoms with Crippen LogP contribution < -0.4 is 0 Å². The summed E-state index contributed by atoms with van der Waals surface area (Å²) in [5.74, 6) is 0. The van der Waals surface area contributed by atoms with Crippen LogP contribution in [0.25, 0.3) is 0 Å². The largest absolute Gasteiger partial charge is 0.383 e. The van der Waals surface area contributed by atoms with Gasteiger partial charge in [0.2, 0.25) is 0 Å². The van der Waals surface area contributed by atoms with Crippen LogP contribution in [0.2, 0.25) is 0 Å². The molecule has 0 aromatic carbocycles. The Morgan fingerprint density at radius 1 is 1.64 bits per heavy atom. The van der Waals surface area contributed by atoms with Gasteiger partial charge in [-0.1, -0.05) is 6.92 Å². The molecule has 1 heterocycles. The van der Waals surface area contributed by atoms with Crippen molar-refractivity contribution in [2.75, 3.05) is 13.7 Å². The smallest absolute Gasteiger partial charge is 0.0658 e. The van der Waals surface area contributed by atoms with E-state index in [-0.39, 0.29) is 0 Å². The Bertz CT molecular complexity index is 208. The summed E-state index contributed by atoms with van der Waals surface area (Å²) < 4.78 is 6.83. The standard InChI is InChI=1S/C8H14N2O/c1-3-8-4-5-10(9-8)6-7-11-2/h4-5H,3,6-7H2,1-2H3. The maximum Gasteiger partial charge on any atom is 0.0658 e. The van der Waals surface area contributed by atoms with Gasteiger partial charge in [0.1, 0.15) is 0 Å². The minimum absolute atomic E-state index is 0.727. The number of ether oxygens (including phenoxy) is 1. The molecule has 0 saturated carbocycles. The topological polar surface area (TPSA) is 27.1 Å². The zero-order chi connectivity index (χ0) is 8.10. The van der Waals surface area contributed by atoms with E-state index in [1.165, 1.54) is 0 Å². The van der Waals surface area contributed by atoms with Crippen molar-refractivity contribution >= 4 is 0 Å². The highest BCUT2D eigenvalue weighted by Crippen LogP contribution is 1.95. The van der Waals surface area contributed by atoms with Crippen LogP contribution in [-0.4, -0.2) is 23.5 Å². The van der Waals surface area contributed by atoms with Gasteiger partial charge >= 0.3 is 0 Å². The van der Waals surface area contributed by atoms with Crippen LogP contribution in [0, 0.1) is 0 Å². The van der Waals surface area contributed by atoms with E-state index in [4.69, 9.17) is 4.74 Å². The molecule has 1 rings (SSSR count). The highest BCUT2D eigenvalue weighted by atomic mass is 16.5. The number of aromatic nitrogens is 2. The molecule has 0 unspecified atom stereocenters. The third-order valence-electron chi connectivity index (χ3n) is 1.58. The van der Waals surface area contributed by atoms with E-state index in [0.29, 0.717) is 0 Å². The normalized spacial score (nSPS) is 10.4. The molecule has 0 fully saturated rings. The molecule has 1 aromatic heterocycles. The van der Waals surface area contributed by atoms with E-state index < -0.39 is 0 Å². The number of methoxy groups -OCH3 is 1. The van der Waals surface area contributed by atoms with Crippen LogP contribution >= 0.6 is 0 Å². The molecule has 1 aromatic rings. The number of rotatable bonds is 4. The summed E-state index contributed by atoms with van der Waals surface area (Å²) in [4.78, 5) is 0. The predicted octanol–water partition coefficient (Wildman–Crippen LogP) is 1.09. The van der Waals surface area contributed by atoms with Crippen molar-refractivity contribution in [3.63, 3.8) is 0 Å². The summed E-state index contributed by atoms with van der Waals surface area (Å²) in [5, 5.41) is 4.30. The van der Waals surface area contributed by atoms with Crippen LogP contribution in [0.3, 0.4) is 0 Å². The molecule has 3 heteroatoms. The maximum absolute atomic E-state index is 4.93. The molecule has 0 radical (unpaired) electrons. The van der Waals surface area contributed by atoms with Crippen molar-refractivity contribution in [1.29, 1.82) is 0 Å². The maximum atomic E-state index is 4.93. The molecule has 62 valence electrons. The Morgan fingerprint density at radius 3 is 3.00 bits per heavy atom. The summed E-state index contributed by atoms with van der Waals surface area (Å²) >= 11 is 0. The van der Waals surface area contributed by atoms with Crippen molar-refractivity contribution < 1.29 is 4.74 Å². The summed E-state index contributed by atoms with van der Waals surface area (Å²) in [6, 6.07) is 2.04. The van der Waals surface area contributed by atoms with Gasteiger partial charge in [0.05, 0.1) is 18.8 Å². The van der Waals surface area contributed by atoms with Crippen LogP contribution in [0.5, 0.6) is 0 Å². The molecule has 0 aliphatic rings. The molecule has 3 nitrogen and oxygen atoms in total. The lowest BCUT2D eigenvalue weighted by Crippen LogP contribution is -2.04. The van der Waals surface area contributed by atoms with Gasteiger partial charge in [-0.3, -0.25) is 4.68 Å². The third kappa shape index (κ3) is 2.35. The average Bonchev–Trinajstić information content (AvgIpc) is 2.48. The fourth-order valence-electron chi connectivity index (χ4n) is 0.902. The van der Waals surface area contributed by atoms with Crippen LogP contribution in [0.4, 0.5) is 0 Å². The van der Waals surface area contributed by atoms with E-state index in [9.17, 15) is 0 Å². The predicted molar refractivity (Wildman–Crippen MR) is 43.5 cm³/mol. The van der Waals surface area contributed by atoms with E-state index in [1.54, 1.807) is 7.11 Å². The van der Waals surface area contributed by atoms with E-state index in [0.717, 1.165) is 25.3 Å². The fourth-order valence-corrected chi connectivity index (χ4v) is 0.902.